The quantitative estimate of drug-likeness (QED) is 0.389. The Morgan fingerprint density at radius 2 is 1.70 bits per heavy atom. The lowest BCUT2D eigenvalue weighted by Gasteiger charge is -2.26. The number of nitrogens with zero attached hydrogens (tertiary/aromatic N) is 4. The highest BCUT2D eigenvalue weighted by Crippen LogP contribution is 2.28. The first-order valence-corrected chi connectivity index (χ1v) is 12.2. The second-order valence-electron chi connectivity index (χ2n) is 8.29. The van der Waals surface area contributed by atoms with Gasteiger partial charge >= 0.3 is 0 Å². The summed E-state index contributed by atoms with van der Waals surface area (Å²) in [7, 11) is 0. The van der Waals surface area contributed by atoms with Crippen LogP contribution in [0.1, 0.15) is 49.3 Å². The van der Waals surface area contributed by atoms with Gasteiger partial charge in [-0.15, -0.1) is 10.2 Å². The summed E-state index contributed by atoms with van der Waals surface area (Å²) < 4.78 is 2.07. The van der Waals surface area contributed by atoms with Crippen LogP contribution in [0, 0.1) is 0 Å². The number of likely N-dealkylation sites (tertiary alicyclic amines) is 1. The highest BCUT2D eigenvalue weighted by atomic mass is 32.2. The van der Waals surface area contributed by atoms with E-state index < -0.39 is 0 Å². The van der Waals surface area contributed by atoms with Crippen molar-refractivity contribution in [1.29, 1.82) is 0 Å². The zero-order valence-electron chi connectivity index (χ0n) is 19.0. The maximum atomic E-state index is 13.1. The summed E-state index contributed by atoms with van der Waals surface area (Å²) in [6.07, 6.45) is 3.72. The molecule has 4 rings (SSSR count). The van der Waals surface area contributed by atoms with E-state index in [9.17, 15) is 9.59 Å². The van der Waals surface area contributed by atoms with Crippen molar-refractivity contribution < 1.29 is 9.59 Å². The van der Waals surface area contributed by atoms with Gasteiger partial charge in [0, 0.05) is 23.9 Å². The molecule has 2 aromatic carbocycles. The normalized spacial score (nSPS) is 15.2. The van der Waals surface area contributed by atoms with Gasteiger partial charge in [0.15, 0.2) is 16.8 Å². The Bertz CT molecular complexity index is 1090. The molecule has 8 heteroatoms. The molecule has 172 valence electrons. The number of piperidine rings is 1. The molecule has 33 heavy (non-hydrogen) atoms. The summed E-state index contributed by atoms with van der Waals surface area (Å²) in [5, 5.41) is 12.1. The number of rotatable bonds is 8. The summed E-state index contributed by atoms with van der Waals surface area (Å²) >= 11 is 1.42. The molecule has 0 aliphatic carbocycles. The molecule has 2 heterocycles. The summed E-state index contributed by atoms with van der Waals surface area (Å²) in [5.41, 5.74) is 2.27. The van der Waals surface area contributed by atoms with Crippen LogP contribution in [0.4, 0.5) is 5.69 Å². The summed E-state index contributed by atoms with van der Waals surface area (Å²) in [6.45, 7) is 6.25. The van der Waals surface area contributed by atoms with Crippen LogP contribution in [0.25, 0.3) is 5.69 Å². The van der Waals surface area contributed by atoms with Crippen LogP contribution in [0.15, 0.2) is 59.8 Å². The molecule has 0 spiro atoms. The van der Waals surface area contributed by atoms with Crippen LogP contribution in [0.2, 0.25) is 0 Å². The lowest BCUT2D eigenvalue weighted by Crippen LogP contribution is -2.30. The average Bonchev–Trinajstić information content (AvgIpc) is 3.21. The van der Waals surface area contributed by atoms with Gasteiger partial charge in [0.2, 0.25) is 5.91 Å². The number of nitrogens with one attached hydrogen (secondary N) is 1. The van der Waals surface area contributed by atoms with Gasteiger partial charge in [0.25, 0.3) is 0 Å². The number of anilines is 1. The number of hydrogen-bond donors (Lipinski definition) is 1. The van der Waals surface area contributed by atoms with E-state index in [2.05, 4.69) is 25.0 Å². The number of amides is 1. The zero-order chi connectivity index (χ0) is 23.2. The Morgan fingerprint density at radius 3 is 2.36 bits per heavy atom. The van der Waals surface area contributed by atoms with Crippen molar-refractivity contribution in [2.24, 2.45) is 0 Å². The van der Waals surface area contributed by atoms with Crippen molar-refractivity contribution in [1.82, 2.24) is 19.7 Å². The van der Waals surface area contributed by atoms with Crippen molar-refractivity contribution in [3.05, 3.63) is 66.0 Å². The number of benzene rings is 2. The minimum atomic E-state index is -0.342. The first-order valence-electron chi connectivity index (χ1n) is 11.3. The van der Waals surface area contributed by atoms with E-state index in [1.165, 1.54) is 37.9 Å². The van der Waals surface area contributed by atoms with Crippen LogP contribution in [0.5, 0.6) is 0 Å². The van der Waals surface area contributed by atoms with Gasteiger partial charge in [-0.1, -0.05) is 36.4 Å². The van der Waals surface area contributed by atoms with Gasteiger partial charge in [-0.05, 0) is 69.3 Å². The predicted octanol–water partition coefficient (Wildman–Crippen LogP) is 4.58. The summed E-state index contributed by atoms with van der Waals surface area (Å²) in [5.74, 6) is 0.762. The average molecular weight is 464 g/mol. The molecule has 0 saturated carbocycles. The number of carbonyl (C=O) groups is 2. The Hall–Kier alpha value is -2.97. The predicted molar refractivity (Wildman–Crippen MR) is 131 cm³/mol. The van der Waals surface area contributed by atoms with Gasteiger partial charge in [0.05, 0.1) is 11.8 Å². The van der Waals surface area contributed by atoms with E-state index >= 15 is 0 Å². The van der Waals surface area contributed by atoms with E-state index in [1.807, 2.05) is 37.3 Å². The SMILES string of the molecule is CC(=O)Nc1ccc(C(=O)C(C)Sc2nnc(CN3CCCCC3)n2-c2ccccc2)cc1. The number of Topliss-reactive ketones (excluding diaryl/α,β-unsaturated/α-hetero) is 1. The smallest absolute Gasteiger partial charge is 0.221 e. The third-order valence-corrected chi connectivity index (χ3v) is 6.71. The second kappa shape index (κ2) is 10.8. The fraction of sp³-hybridized carbons (Fsp3) is 0.360. The number of ketones is 1. The first-order chi connectivity index (χ1) is 16.0. The fourth-order valence-corrected chi connectivity index (χ4v) is 4.96. The molecule has 3 aromatic rings. The molecule has 1 saturated heterocycles. The van der Waals surface area contributed by atoms with Crippen LogP contribution in [-0.2, 0) is 11.3 Å². The third kappa shape index (κ3) is 5.89. The van der Waals surface area contributed by atoms with E-state index in [0.29, 0.717) is 16.4 Å². The molecule has 0 radical (unpaired) electrons. The van der Waals surface area contributed by atoms with Crippen LogP contribution >= 0.6 is 11.8 Å². The van der Waals surface area contributed by atoms with E-state index in [4.69, 9.17) is 0 Å². The molecular formula is C25H29N5O2S. The Kier molecular flexibility index (Phi) is 7.57. The van der Waals surface area contributed by atoms with E-state index in [0.717, 1.165) is 31.1 Å². The van der Waals surface area contributed by atoms with Crippen molar-refractivity contribution in [3.8, 4) is 5.69 Å². The molecule has 1 unspecified atom stereocenters. The largest absolute Gasteiger partial charge is 0.326 e. The number of hydrogen-bond acceptors (Lipinski definition) is 6. The molecule has 1 aliphatic rings. The third-order valence-electron chi connectivity index (χ3n) is 5.67. The lowest BCUT2D eigenvalue weighted by molar-refractivity contribution is -0.114. The standard InChI is InChI=1S/C25H29N5O2S/c1-18(24(32)20-11-13-21(14-12-20)26-19(2)31)33-25-28-27-23(17-29-15-7-4-8-16-29)30(25)22-9-5-3-6-10-22/h3,5-6,9-14,18H,4,7-8,15-17H2,1-2H3,(H,26,31). The van der Waals surface area contributed by atoms with E-state index in [1.54, 1.807) is 24.3 Å². The molecule has 1 aliphatic heterocycles. The maximum Gasteiger partial charge on any atom is 0.221 e. The minimum absolute atomic E-state index is 0.00886. The highest BCUT2D eigenvalue weighted by Gasteiger charge is 2.23. The maximum absolute atomic E-state index is 13.1. The zero-order valence-corrected chi connectivity index (χ0v) is 19.8. The van der Waals surface area contributed by atoms with Gasteiger partial charge < -0.3 is 5.32 Å². The van der Waals surface area contributed by atoms with Crippen LogP contribution in [0.3, 0.4) is 0 Å². The number of carbonyl (C=O) groups excluding carboxylic acids is 2. The van der Waals surface area contributed by atoms with Crippen molar-refractivity contribution in [3.63, 3.8) is 0 Å². The first kappa shape index (κ1) is 23.2. The molecule has 1 fully saturated rings. The Morgan fingerprint density at radius 1 is 1.00 bits per heavy atom. The topological polar surface area (TPSA) is 80.1 Å². The molecule has 1 aromatic heterocycles. The van der Waals surface area contributed by atoms with Crippen molar-refractivity contribution in [2.45, 2.75) is 50.1 Å². The molecule has 0 bridgehead atoms. The fourth-order valence-electron chi connectivity index (χ4n) is 4.00. The summed E-state index contributed by atoms with van der Waals surface area (Å²) in [6, 6.07) is 17.1. The van der Waals surface area contributed by atoms with Gasteiger partial charge in [-0.25, -0.2) is 0 Å². The Labute approximate surface area is 198 Å². The van der Waals surface area contributed by atoms with Crippen molar-refractivity contribution >= 4 is 29.1 Å². The minimum Gasteiger partial charge on any atom is -0.326 e. The van der Waals surface area contributed by atoms with Crippen molar-refractivity contribution in [2.75, 3.05) is 18.4 Å². The summed E-state index contributed by atoms with van der Waals surface area (Å²) in [4.78, 5) is 26.7. The molecule has 1 amide bonds. The monoisotopic (exact) mass is 463 g/mol. The lowest BCUT2D eigenvalue weighted by atomic mass is 10.1. The van der Waals surface area contributed by atoms with E-state index in [-0.39, 0.29) is 16.9 Å². The number of aromatic nitrogens is 3. The number of para-hydroxylation sites is 1. The van der Waals surface area contributed by atoms with Crippen LogP contribution < -0.4 is 5.32 Å². The highest BCUT2D eigenvalue weighted by molar-refractivity contribution is 8.00. The van der Waals surface area contributed by atoms with Gasteiger partial charge in [-0.3, -0.25) is 19.1 Å². The Balaban J connectivity index is 1.54. The van der Waals surface area contributed by atoms with Crippen LogP contribution in [-0.4, -0.2) is 49.7 Å². The van der Waals surface area contributed by atoms with Gasteiger partial charge in [-0.2, -0.15) is 0 Å². The second-order valence-corrected chi connectivity index (χ2v) is 9.60. The van der Waals surface area contributed by atoms with Gasteiger partial charge in [0.1, 0.15) is 0 Å². The molecule has 1 N–H and O–H groups in total. The number of thioether (sulfide) groups is 1. The molecule has 7 nitrogen and oxygen atoms in total. The molecule has 1 atom stereocenters. The molecular weight excluding hydrogens is 434 g/mol.